The summed E-state index contributed by atoms with van der Waals surface area (Å²) < 4.78 is 42.9. The molecule has 2 N–H and O–H groups in total. The van der Waals surface area contributed by atoms with Crippen LogP contribution in [0.4, 0.5) is 18.9 Å². The number of thiophene rings is 1. The second-order valence-electron chi connectivity index (χ2n) is 12.4. The van der Waals surface area contributed by atoms with Gasteiger partial charge in [0.15, 0.2) is 0 Å². The van der Waals surface area contributed by atoms with E-state index in [0.717, 1.165) is 69.5 Å². The third-order valence-corrected chi connectivity index (χ3v) is 10.5. The van der Waals surface area contributed by atoms with Gasteiger partial charge in [-0.05, 0) is 67.0 Å². The van der Waals surface area contributed by atoms with E-state index in [1.807, 2.05) is 24.3 Å². The number of hydrogen-bond acceptors (Lipinski definition) is 8. The second-order valence-corrected chi connectivity index (χ2v) is 13.5. The molecule has 7 rings (SSSR count). The highest BCUT2D eigenvalue weighted by atomic mass is 32.1. The van der Waals surface area contributed by atoms with E-state index < -0.39 is 17.2 Å². The lowest BCUT2D eigenvalue weighted by Gasteiger charge is -2.40. The van der Waals surface area contributed by atoms with Crippen LogP contribution in [0.25, 0.3) is 21.3 Å². The molecule has 0 spiro atoms. The Morgan fingerprint density at radius 1 is 1.23 bits per heavy atom. The van der Waals surface area contributed by atoms with Crippen LogP contribution >= 0.6 is 11.3 Å². The molecule has 5 heterocycles. The minimum atomic E-state index is -4.41. The standard InChI is InChI=1S/C32H31F3N6O2S/c1-18-6-20-7-19(12-36)8-26(29(20)40(15-18)23-10-22(17-42)38-14-23)25-2-5-37-27-11-24(44-30(25)27)16-41-28(43)9-21(13-39-41)31(3-4-31)32(33,34)35/h2,5,7-9,11,13,18,22-23,38,42H,3-4,6,10,14-17H2,1H3/t18-,22-,23+/m1/s1. The molecule has 3 aliphatic rings. The topological polar surface area (TPSA) is 107 Å². The maximum Gasteiger partial charge on any atom is 0.398 e. The number of aliphatic hydroxyl groups excluding tert-OH is 1. The third kappa shape index (κ3) is 4.87. The summed E-state index contributed by atoms with van der Waals surface area (Å²) in [7, 11) is 0. The molecule has 4 aromatic rings. The largest absolute Gasteiger partial charge is 0.398 e. The number of nitriles is 1. The highest BCUT2D eigenvalue weighted by Gasteiger charge is 2.64. The monoisotopic (exact) mass is 620 g/mol. The number of pyridine rings is 1. The van der Waals surface area contributed by atoms with Crippen LogP contribution in [-0.4, -0.2) is 57.8 Å². The van der Waals surface area contributed by atoms with Gasteiger partial charge >= 0.3 is 6.18 Å². The maximum absolute atomic E-state index is 13.6. The summed E-state index contributed by atoms with van der Waals surface area (Å²) in [4.78, 5) is 20.7. The van der Waals surface area contributed by atoms with E-state index in [4.69, 9.17) is 0 Å². The molecule has 1 aromatic carbocycles. The van der Waals surface area contributed by atoms with Crippen LogP contribution in [0.15, 0.2) is 47.5 Å². The highest BCUT2D eigenvalue weighted by molar-refractivity contribution is 7.19. The van der Waals surface area contributed by atoms with E-state index in [2.05, 4.69) is 33.3 Å². The van der Waals surface area contributed by atoms with Crippen LogP contribution in [-0.2, 0) is 18.4 Å². The van der Waals surface area contributed by atoms with Crippen LogP contribution < -0.4 is 15.8 Å². The predicted molar refractivity (Wildman–Crippen MR) is 162 cm³/mol. The molecule has 2 aliphatic heterocycles. The summed E-state index contributed by atoms with van der Waals surface area (Å²) >= 11 is 1.46. The second kappa shape index (κ2) is 10.7. The van der Waals surface area contributed by atoms with Crippen molar-refractivity contribution in [3.05, 3.63) is 74.6 Å². The zero-order valence-corrected chi connectivity index (χ0v) is 24.9. The first kappa shape index (κ1) is 29.0. The van der Waals surface area contributed by atoms with Gasteiger partial charge < -0.3 is 15.3 Å². The minimum Gasteiger partial charge on any atom is -0.395 e. The van der Waals surface area contributed by atoms with Crippen molar-refractivity contribution in [1.29, 1.82) is 5.26 Å². The van der Waals surface area contributed by atoms with Crippen molar-refractivity contribution in [2.45, 2.75) is 62.8 Å². The van der Waals surface area contributed by atoms with E-state index in [0.29, 0.717) is 11.5 Å². The molecular formula is C32H31F3N6O2S. The van der Waals surface area contributed by atoms with Crippen LogP contribution in [0.3, 0.4) is 0 Å². The van der Waals surface area contributed by atoms with Gasteiger partial charge in [0, 0.05) is 59.1 Å². The number of fused-ring (bicyclic) bond motifs is 2. The van der Waals surface area contributed by atoms with Crippen molar-refractivity contribution in [3.63, 3.8) is 0 Å². The Bertz CT molecular complexity index is 1860. The van der Waals surface area contributed by atoms with Crippen molar-refractivity contribution in [2.75, 3.05) is 24.6 Å². The predicted octanol–water partition coefficient (Wildman–Crippen LogP) is 4.76. The van der Waals surface area contributed by atoms with E-state index in [-0.39, 0.29) is 43.6 Å². The highest BCUT2D eigenvalue weighted by Crippen LogP contribution is 2.58. The molecule has 8 nitrogen and oxygen atoms in total. The third-order valence-electron chi connectivity index (χ3n) is 9.32. The van der Waals surface area contributed by atoms with Crippen LogP contribution in [0.5, 0.6) is 0 Å². The van der Waals surface area contributed by atoms with Crippen LogP contribution in [0.2, 0.25) is 0 Å². The number of hydrogen-bond donors (Lipinski definition) is 2. The lowest BCUT2D eigenvalue weighted by Crippen LogP contribution is -2.43. The first-order valence-corrected chi connectivity index (χ1v) is 15.6. The van der Waals surface area contributed by atoms with Crippen molar-refractivity contribution in [2.24, 2.45) is 5.92 Å². The SMILES string of the molecule is C[C@@H]1Cc2cc(C#N)cc(-c3ccnc4cc(Cn5ncc(C6(C(F)(F)F)CC6)cc5=O)sc34)c2N([C@@H]2CN[C@@H](CO)C2)C1. The number of aliphatic hydroxyl groups is 1. The number of rotatable bonds is 6. The van der Waals surface area contributed by atoms with Crippen molar-refractivity contribution < 1.29 is 18.3 Å². The molecule has 44 heavy (non-hydrogen) atoms. The van der Waals surface area contributed by atoms with E-state index in [9.17, 15) is 28.3 Å². The first-order valence-electron chi connectivity index (χ1n) is 14.8. The molecule has 0 unspecified atom stereocenters. The van der Waals surface area contributed by atoms with E-state index >= 15 is 0 Å². The average Bonchev–Trinajstić information content (AvgIpc) is 3.51. The zero-order valence-electron chi connectivity index (χ0n) is 24.1. The molecule has 1 saturated carbocycles. The Labute approximate surface area is 255 Å². The Morgan fingerprint density at radius 3 is 2.73 bits per heavy atom. The van der Waals surface area contributed by atoms with Gasteiger partial charge in [-0.15, -0.1) is 11.3 Å². The maximum atomic E-state index is 13.6. The molecule has 3 aromatic heterocycles. The summed E-state index contributed by atoms with van der Waals surface area (Å²) in [6, 6.07) is 11.4. The van der Waals surface area contributed by atoms with Gasteiger partial charge in [-0.25, -0.2) is 4.68 Å². The van der Waals surface area contributed by atoms with Gasteiger partial charge in [0.05, 0.1) is 46.6 Å². The van der Waals surface area contributed by atoms with Crippen molar-refractivity contribution in [1.82, 2.24) is 20.1 Å². The Morgan fingerprint density at radius 2 is 2.05 bits per heavy atom. The molecule has 228 valence electrons. The Hall–Kier alpha value is -3.79. The quantitative estimate of drug-likeness (QED) is 0.320. The normalized spacial score (nSPS) is 22.6. The fraction of sp³-hybridized carbons (Fsp3) is 0.438. The number of nitrogens with one attached hydrogen (secondary N) is 1. The zero-order chi connectivity index (χ0) is 30.8. The fourth-order valence-electron chi connectivity index (χ4n) is 6.93. The molecule has 1 saturated heterocycles. The van der Waals surface area contributed by atoms with Gasteiger partial charge in [-0.2, -0.15) is 23.5 Å². The minimum absolute atomic E-state index is 0.0291. The Kier molecular flexibility index (Phi) is 7.03. The number of nitrogens with zero attached hydrogens (tertiary/aromatic N) is 5. The van der Waals surface area contributed by atoms with Gasteiger partial charge in [0.2, 0.25) is 0 Å². The number of halogens is 3. The van der Waals surface area contributed by atoms with Crippen molar-refractivity contribution >= 4 is 27.2 Å². The molecule has 12 heteroatoms. The lowest BCUT2D eigenvalue weighted by molar-refractivity contribution is -0.160. The summed E-state index contributed by atoms with van der Waals surface area (Å²) in [5.41, 5.74) is 2.81. The molecular weight excluding hydrogens is 589 g/mol. The van der Waals surface area contributed by atoms with E-state index in [1.54, 1.807) is 6.20 Å². The molecule has 2 fully saturated rings. The van der Waals surface area contributed by atoms with Crippen LogP contribution in [0, 0.1) is 17.2 Å². The van der Waals surface area contributed by atoms with Gasteiger partial charge in [-0.1, -0.05) is 6.92 Å². The lowest BCUT2D eigenvalue weighted by atomic mass is 9.87. The summed E-state index contributed by atoms with van der Waals surface area (Å²) in [5, 5.41) is 27.2. The number of anilines is 1. The van der Waals surface area contributed by atoms with Crippen molar-refractivity contribution in [3.8, 4) is 17.2 Å². The van der Waals surface area contributed by atoms with Gasteiger partial charge in [0.1, 0.15) is 0 Å². The van der Waals surface area contributed by atoms with E-state index in [1.165, 1.54) is 22.2 Å². The molecule has 0 bridgehead atoms. The summed E-state index contributed by atoms with van der Waals surface area (Å²) in [6.07, 6.45) is 0.111. The smallest absolute Gasteiger partial charge is 0.395 e. The molecule has 1 aliphatic carbocycles. The summed E-state index contributed by atoms with van der Waals surface area (Å²) in [6.45, 7) is 4.03. The number of alkyl halides is 3. The number of benzene rings is 1. The summed E-state index contributed by atoms with van der Waals surface area (Å²) in [5.74, 6) is 0.395. The fourth-order valence-corrected chi connectivity index (χ4v) is 8.06. The van der Waals surface area contributed by atoms with Gasteiger partial charge in [0.25, 0.3) is 5.56 Å². The average molecular weight is 621 g/mol. The van der Waals surface area contributed by atoms with Gasteiger partial charge in [-0.3, -0.25) is 9.78 Å². The molecule has 0 radical (unpaired) electrons. The molecule has 3 atom stereocenters. The molecule has 0 amide bonds. The van der Waals surface area contributed by atoms with Crippen LogP contribution in [0.1, 0.15) is 47.8 Å². The first-order chi connectivity index (χ1) is 21.1. The number of aromatic nitrogens is 3. The Balaban J connectivity index is 1.27.